The Bertz CT molecular complexity index is 233. The van der Waals surface area contributed by atoms with Crippen LogP contribution < -0.4 is 0 Å². The molecule has 4 nitrogen and oxygen atoms in total. The molecule has 0 radical (unpaired) electrons. The minimum Gasteiger partial charge on any atom is -0.498 e. The van der Waals surface area contributed by atoms with E-state index in [-0.39, 0.29) is 11.9 Å². The van der Waals surface area contributed by atoms with Crippen LogP contribution in [0.4, 0.5) is 0 Å². The summed E-state index contributed by atoms with van der Waals surface area (Å²) in [6.07, 6.45) is -0.243. The molecule has 1 heterocycles. The first-order chi connectivity index (χ1) is 5.24. The Morgan fingerprint density at radius 1 is 1.73 bits per heavy atom. The number of ether oxygens (including phenoxy) is 2. The zero-order chi connectivity index (χ0) is 8.01. The van der Waals surface area contributed by atoms with Crippen molar-refractivity contribution in [3.05, 3.63) is 11.8 Å². The second kappa shape index (κ2) is 2.06. The zero-order valence-electron chi connectivity index (χ0n) is 5.98. The number of epoxide rings is 1. The van der Waals surface area contributed by atoms with E-state index in [2.05, 4.69) is 0 Å². The smallest absolute Gasteiger partial charge is 0.190 e. The van der Waals surface area contributed by atoms with Gasteiger partial charge in [-0.05, 0) is 0 Å². The van der Waals surface area contributed by atoms with Gasteiger partial charge < -0.3 is 14.6 Å². The molecule has 11 heavy (non-hydrogen) atoms. The molecule has 0 amide bonds. The lowest BCUT2D eigenvalue weighted by Crippen LogP contribution is -2.28. The molecule has 2 rings (SSSR count). The second-order valence-corrected chi connectivity index (χ2v) is 2.62. The van der Waals surface area contributed by atoms with E-state index in [0.717, 1.165) is 0 Å². The van der Waals surface area contributed by atoms with E-state index < -0.39 is 12.2 Å². The van der Waals surface area contributed by atoms with E-state index in [1.54, 1.807) is 0 Å². The minimum atomic E-state index is -0.761. The summed E-state index contributed by atoms with van der Waals surface area (Å²) in [7, 11) is 1.42. The van der Waals surface area contributed by atoms with Crippen LogP contribution in [0.3, 0.4) is 0 Å². The number of hydrogen-bond acceptors (Lipinski definition) is 4. The van der Waals surface area contributed by atoms with Crippen LogP contribution in [0.2, 0.25) is 0 Å². The van der Waals surface area contributed by atoms with E-state index >= 15 is 0 Å². The number of rotatable bonds is 1. The number of hydrogen-bond donors (Lipinski definition) is 1. The van der Waals surface area contributed by atoms with Gasteiger partial charge in [-0.2, -0.15) is 0 Å². The standard InChI is InChI=1S/C7H8O4/c1-10-4-2-3(8)6-7(11-6)5(4)9/h2,5-7,9H,1H3. The van der Waals surface area contributed by atoms with Crippen molar-refractivity contribution in [3.63, 3.8) is 0 Å². The Labute approximate surface area is 63.4 Å². The van der Waals surface area contributed by atoms with Gasteiger partial charge in [0.15, 0.2) is 5.78 Å². The molecule has 1 aliphatic heterocycles. The summed E-state index contributed by atoms with van der Waals surface area (Å²) in [5, 5.41) is 9.33. The van der Waals surface area contributed by atoms with Crippen molar-refractivity contribution in [1.29, 1.82) is 0 Å². The molecule has 0 bridgehead atoms. The predicted molar refractivity (Wildman–Crippen MR) is 34.8 cm³/mol. The summed E-state index contributed by atoms with van der Waals surface area (Å²) in [6, 6.07) is 0. The van der Waals surface area contributed by atoms with Gasteiger partial charge in [-0.1, -0.05) is 0 Å². The van der Waals surface area contributed by atoms with Gasteiger partial charge in [-0.25, -0.2) is 0 Å². The van der Waals surface area contributed by atoms with Crippen molar-refractivity contribution in [3.8, 4) is 0 Å². The summed E-state index contributed by atoms with van der Waals surface area (Å²) in [4.78, 5) is 11.0. The van der Waals surface area contributed by atoms with Gasteiger partial charge in [-0.15, -0.1) is 0 Å². The Morgan fingerprint density at radius 3 is 3.09 bits per heavy atom. The van der Waals surface area contributed by atoms with Crippen LogP contribution in [0.5, 0.6) is 0 Å². The maximum atomic E-state index is 11.0. The van der Waals surface area contributed by atoms with Gasteiger partial charge in [0.2, 0.25) is 0 Å². The van der Waals surface area contributed by atoms with E-state index in [4.69, 9.17) is 9.47 Å². The largest absolute Gasteiger partial charge is 0.498 e. The Balaban J connectivity index is 2.25. The number of aliphatic hydroxyl groups excluding tert-OH is 1. The topological polar surface area (TPSA) is 59.1 Å². The van der Waals surface area contributed by atoms with Crippen molar-refractivity contribution in [2.45, 2.75) is 18.3 Å². The number of methoxy groups -OCH3 is 1. The Kier molecular flexibility index (Phi) is 1.27. The minimum absolute atomic E-state index is 0.114. The summed E-state index contributed by atoms with van der Waals surface area (Å²) in [6.45, 7) is 0. The molecule has 0 saturated carbocycles. The van der Waals surface area contributed by atoms with Gasteiger partial charge in [0.25, 0.3) is 0 Å². The highest BCUT2D eigenvalue weighted by Gasteiger charge is 2.53. The average Bonchev–Trinajstić information content (AvgIpc) is 2.75. The molecule has 4 heteroatoms. The summed E-state index contributed by atoms with van der Waals surface area (Å²) in [5.41, 5.74) is 0. The molecule has 1 aliphatic carbocycles. The van der Waals surface area contributed by atoms with Crippen LogP contribution >= 0.6 is 0 Å². The van der Waals surface area contributed by atoms with Crippen molar-refractivity contribution in [2.24, 2.45) is 0 Å². The monoisotopic (exact) mass is 156 g/mol. The first-order valence-electron chi connectivity index (χ1n) is 3.37. The summed E-state index contributed by atoms with van der Waals surface area (Å²) < 4.78 is 9.68. The molecular weight excluding hydrogens is 148 g/mol. The van der Waals surface area contributed by atoms with Crippen LogP contribution in [0.25, 0.3) is 0 Å². The van der Waals surface area contributed by atoms with Gasteiger partial charge in [0.05, 0.1) is 7.11 Å². The molecule has 1 saturated heterocycles. The van der Waals surface area contributed by atoms with Crippen LogP contribution in [-0.4, -0.2) is 36.3 Å². The fourth-order valence-electron chi connectivity index (χ4n) is 1.24. The maximum Gasteiger partial charge on any atom is 0.190 e. The molecule has 1 fully saturated rings. The predicted octanol–water partition coefficient (Wildman–Crippen LogP) is -0.772. The third-order valence-electron chi connectivity index (χ3n) is 1.93. The highest BCUT2D eigenvalue weighted by Crippen LogP contribution is 2.34. The van der Waals surface area contributed by atoms with Crippen molar-refractivity contribution >= 4 is 5.78 Å². The van der Waals surface area contributed by atoms with E-state index in [9.17, 15) is 9.90 Å². The second-order valence-electron chi connectivity index (χ2n) is 2.62. The summed E-state index contributed by atoms with van der Waals surface area (Å²) in [5.74, 6) is 0.186. The van der Waals surface area contributed by atoms with Gasteiger partial charge in [0, 0.05) is 6.08 Å². The number of aliphatic hydroxyl groups is 1. The van der Waals surface area contributed by atoms with Gasteiger partial charge >= 0.3 is 0 Å². The highest BCUT2D eigenvalue weighted by molar-refractivity contribution is 5.97. The molecule has 2 aliphatic rings. The number of ketones is 1. The molecule has 3 unspecified atom stereocenters. The molecular formula is C7H8O4. The number of fused-ring (bicyclic) bond motifs is 1. The van der Waals surface area contributed by atoms with E-state index in [1.165, 1.54) is 13.2 Å². The van der Waals surface area contributed by atoms with Crippen molar-refractivity contribution in [1.82, 2.24) is 0 Å². The SMILES string of the molecule is COC1=CC(=O)C2OC2C1O. The van der Waals surface area contributed by atoms with Crippen LogP contribution in [0.1, 0.15) is 0 Å². The first kappa shape index (κ1) is 6.82. The maximum absolute atomic E-state index is 11.0. The van der Waals surface area contributed by atoms with E-state index in [0.29, 0.717) is 5.76 Å². The average molecular weight is 156 g/mol. The molecule has 0 aromatic rings. The summed E-state index contributed by atoms with van der Waals surface area (Å²) >= 11 is 0. The van der Waals surface area contributed by atoms with Crippen LogP contribution in [-0.2, 0) is 14.3 Å². The lowest BCUT2D eigenvalue weighted by atomic mass is 10.0. The van der Waals surface area contributed by atoms with Gasteiger partial charge in [0.1, 0.15) is 24.1 Å². The van der Waals surface area contributed by atoms with Crippen LogP contribution in [0.15, 0.2) is 11.8 Å². The molecule has 0 spiro atoms. The van der Waals surface area contributed by atoms with Crippen LogP contribution in [0, 0.1) is 0 Å². The number of carbonyl (C=O) groups excluding carboxylic acids is 1. The van der Waals surface area contributed by atoms with E-state index in [1.807, 2.05) is 0 Å². The van der Waals surface area contributed by atoms with Gasteiger partial charge in [-0.3, -0.25) is 4.79 Å². The van der Waals surface area contributed by atoms with Crippen molar-refractivity contribution in [2.75, 3.05) is 7.11 Å². The fourth-order valence-corrected chi connectivity index (χ4v) is 1.24. The first-order valence-corrected chi connectivity index (χ1v) is 3.37. The lowest BCUT2D eigenvalue weighted by Gasteiger charge is -2.13. The molecule has 0 aromatic heterocycles. The molecule has 60 valence electrons. The normalized spacial score (nSPS) is 41.1. The Hall–Kier alpha value is -0.870. The molecule has 0 aromatic carbocycles. The third kappa shape index (κ3) is 0.868. The fraction of sp³-hybridized carbons (Fsp3) is 0.571. The Morgan fingerprint density at radius 2 is 2.45 bits per heavy atom. The number of carbonyl (C=O) groups is 1. The zero-order valence-corrected chi connectivity index (χ0v) is 5.98. The lowest BCUT2D eigenvalue weighted by molar-refractivity contribution is -0.116. The third-order valence-corrected chi connectivity index (χ3v) is 1.93. The highest BCUT2D eigenvalue weighted by atomic mass is 16.6. The van der Waals surface area contributed by atoms with Crippen molar-refractivity contribution < 1.29 is 19.4 Å². The molecule has 1 N–H and O–H groups in total. The quantitative estimate of drug-likeness (QED) is 0.506. The molecule has 3 atom stereocenters.